The average molecular weight is 255 g/mol. The van der Waals surface area contributed by atoms with Crippen molar-refractivity contribution in [3.05, 3.63) is 5.82 Å². The highest BCUT2D eigenvalue weighted by molar-refractivity contribution is 5.91. The third-order valence-corrected chi connectivity index (χ3v) is 3.24. The standard InChI is InChI=1S/C10H17N5O3/c1-9(2,7(17)18)10(3,4)13-6(16)5-12-8(11)15-14-5/h1-4H3,(H,13,16)(H,17,18)(H3,11,12,14,15). The fraction of sp³-hybridized carbons (Fsp3) is 0.600. The number of carboxylic acids is 1. The number of nitrogens with two attached hydrogens (primary N) is 1. The molecule has 0 fully saturated rings. The highest BCUT2D eigenvalue weighted by Gasteiger charge is 2.44. The van der Waals surface area contributed by atoms with Gasteiger partial charge in [-0.05, 0) is 27.7 Å². The van der Waals surface area contributed by atoms with Gasteiger partial charge in [0.1, 0.15) is 0 Å². The third kappa shape index (κ3) is 2.41. The van der Waals surface area contributed by atoms with E-state index in [0.29, 0.717) is 0 Å². The van der Waals surface area contributed by atoms with Gasteiger partial charge in [-0.2, -0.15) is 4.98 Å². The second-order valence-corrected chi connectivity index (χ2v) is 5.05. The van der Waals surface area contributed by atoms with E-state index in [1.807, 2.05) is 0 Å². The molecule has 8 heteroatoms. The summed E-state index contributed by atoms with van der Waals surface area (Å²) in [5.41, 5.74) is 3.17. The van der Waals surface area contributed by atoms with Crippen molar-refractivity contribution in [3.8, 4) is 0 Å². The van der Waals surface area contributed by atoms with E-state index in [-0.39, 0.29) is 11.8 Å². The topological polar surface area (TPSA) is 134 Å². The van der Waals surface area contributed by atoms with Crippen molar-refractivity contribution in [2.45, 2.75) is 33.2 Å². The van der Waals surface area contributed by atoms with E-state index in [2.05, 4.69) is 20.5 Å². The quantitative estimate of drug-likeness (QED) is 0.598. The van der Waals surface area contributed by atoms with Crippen LogP contribution in [-0.2, 0) is 4.79 Å². The molecule has 0 radical (unpaired) electrons. The summed E-state index contributed by atoms with van der Waals surface area (Å²) in [6, 6.07) is 0. The minimum atomic E-state index is -1.14. The Labute approximate surface area is 104 Å². The van der Waals surface area contributed by atoms with Crippen LogP contribution in [0.2, 0.25) is 0 Å². The average Bonchev–Trinajstić information content (AvgIpc) is 2.63. The zero-order valence-electron chi connectivity index (χ0n) is 10.7. The van der Waals surface area contributed by atoms with Gasteiger partial charge in [0.05, 0.1) is 11.0 Å². The van der Waals surface area contributed by atoms with Crippen LogP contribution >= 0.6 is 0 Å². The largest absolute Gasteiger partial charge is 0.481 e. The molecule has 1 heterocycles. The summed E-state index contributed by atoms with van der Waals surface area (Å²) >= 11 is 0. The number of hydrogen-bond acceptors (Lipinski definition) is 5. The molecule has 0 spiro atoms. The zero-order valence-corrected chi connectivity index (χ0v) is 10.7. The summed E-state index contributed by atoms with van der Waals surface area (Å²) in [7, 11) is 0. The molecule has 100 valence electrons. The van der Waals surface area contributed by atoms with E-state index in [1.54, 1.807) is 13.8 Å². The van der Waals surface area contributed by atoms with Crippen LogP contribution in [0.5, 0.6) is 0 Å². The van der Waals surface area contributed by atoms with Crippen molar-refractivity contribution >= 4 is 17.8 Å². The first-order chi connectivity index (χ1) is 8.08. The molecule has 0 aliphatic heterocycles. The highest BCUT2D eigenvalue weighted by Crippen LogP contribution is 2.30. The first-order valence-corrected chi connectivity index (χ1v) is 5.31. The Morgan fingerprint density at radius 1 is 1.33 bits per heavy atom. The monoisotopic (exact) mass is 255 g/mol. The van der Waals surface area contributed by atoms with E-state index in [4.69, 9.17) is 10.8 Å². The van der Waals surface area contributed by atoms with E-state index in [1.165, 1.54) is 13.8 Å². The highest BCUT2D eigenvalue weighted by atomic mass is 16.4. The molecule has 8 nitrogen and oxygen atoms in total. The summed E-state index contributed by atoms with van der Waals surface area (Å²) in [5, 5.41) is 17.6. The van der Waals surface area contributed by atoms with E-state index in [9.17, 15) is 9.59 Å². The number of nitrogen functional groups attached to an aromatic ring is 1. The molecule has 0 bridgehead atoms. The van der Waals surface area contributed by atoms with Crippen LogP contribution < -0.4 is 11.1 Å². The van der Waals surface area contributed by atoms with Gasteiger partial charge in [0, 0.05) is 0 Å². The predicted octanol–water partition coefficient (Wildman–Crippen LogP) is 0.00610. The number of nitrogens with one attached hydrogen (secondary N) is 2. The smallest absolute Gasteiger partial charge is 0.311 e. The maximum atomic E-state index is 11.8. The molecule has 0 atom stereocenters. The number of aromatic nitrogens is 3. The van der Waals surface area contributed by atoms with Crippen molar-refractivity contribution in [3.63, 3.8) is 0 Å². The van der Waals surface area contributed by atoms with Crippen LogP contribution in [0.3, 0.4) is 0 Å². The number of H-pyrrole nitrogens is 1. The number of aliphatic carboxylic acids is 1. The van der Waals surface area contributed by atoms with Crippen LogP contribution in [0.25, 0.3) is 0 Å². The zero-order chi connectivity index (χ0) is 14.1. The molecule has 1 aromatic heterocycles. The van der Waals surface area contributed by atoms with Crippen LogP contribution in [0.15, 0.2) is 0 Å². The van der Waals surface area contributed by atoms with Gasteiger partial charge >= 0.3 is 5.97 Å². The molecule has 0 saturated heterocycles. The molecule has 1 aromatic rings. The molecule has 0 aromatic carbocycles. The first kappa shape index (κ1) is 13.9. The van der Waals surface area contributed by atoms with Gasteiger partial charge in [-0.1, -0.05) is 0 Å². The molecule has 0 aliphatic carbocycles. The molecular weight excluding hydrogens is 238 g/mol. The van der Waals surface area contributed by atoms with Crippen molar-refractivity contribution in [2.75, 3.05) is 5.73 Å². The lowest BCUT2D eigenvalue weighted by atomic mass is 9.74. The number of carbonyl (C=O) groups excluding carboxylic acids is 1. The second-order valence-electron chi connectivity index (χ2n) is 5.05. The van der Waals surface area contributed by atoms with Crippen LogP contribution in [0.1, 0.15) is 38.3 Å². The third-order valence-electron chi connectivity index (χ3n) is 3.24. The summed E-state index contributed by atoms with van der Waals surface area (Å²) in [6.07, 6.45) is 0. The normalized spacial score (nSPS) is 12.2. The van der Waals surface area contributed by atoms with Crippen LogP contribution in [-0.4, -0.2) is 37.7 Å². The van der Waals surface area contributed by atoms with E-state index < -0.39 is 22.8 Å². The number of aromatic amines is 1. The van der Waals surface area contributed by atoms with Gasteiger partial charge < -0.3 is 16.2 Å². The van der Waals surface area contributed by atoms with Crippen LogP contribution in [0.4, 0.5) is 5.95 Å². The van der Waals surface area contributed by atoms with Crippen molar-refractivity contribution < 1.29 is 14.7 Å². The number of amides is 1. The predicted molar refractivity (Wildman–Crippen MR) is 63.8 cm³/mol. The van der Waals surface area contributed by atoms with Crippen molar-refractivity contribution in [2.24, 2.45) is 5.41 Å². The van der Waals surface area contributed by atoms with E-state index >= 15 is 0 Å². The molecule has 0 saturated carbocycles. The fourth-order valence-corrected chi connectivity index (χ4v) is 1.14. The van der Waals surface area contributed by atoms with Crippen LogP contribution in [0, 0.1) is 5.41 Å². The molecule has 1 rings (SSSR count). The number of nitrogens with zero attached hydrogens (tertiary/aromatic N) is 2. The minimum Gasteiger partial charge on any atom is -0.481 e. The Bertz CT molecular complexity index is 478. The molecule has 0 aliphatic rings. The Morgan fingerprint density at radius 3 is 2.28 bits per heavy atom. The van der Waals surface area contributed by atoms with Gasteiger partial charge in [-0.25, -0.2) is 0 Å². The molecular formula is C10H17N5O3. The molecule has 18 heavy (non-hydrogen) atoms. The van der Waals surface area contributed by atoms with Gasteiger partial charge in [0.15, 0.2) is 0 Å². The lowest BCUT2D eigenvalue weighted by molar-refractivity contribution is -0.150. The minimum absolute atomic E-state index is 0.0459. The number of anilines is 1. The Balaban J connectivity index is 2.90. The number of carboxylic acid groups (broad SMARTS) is 1. The molecule has 0 unspecified atom stereocenters. The van der Waals surface area contributed by atoms with Gasteiger partial charge in [0.25, 0.3) is 5.91 Å². The summed E-state index contributed by atoms with van der Waals surface area (Å²) < 4.78 is 0. The number of hydrogen-bond donors (Lipinski definition) is 4. The number of carbonyl (C=O) groups is 2. The van der Waals surface area contributed by atoms with Crippen molar-refractivity contribution in [1.82, 2.24) is 20.5 Å². The lowest BCUT2D eigenvalue weighted by Gasteiger charge is -2.38. The maximum Gasteiger partial charge on any atom is 0.311 e. The SMILES string of the molecule is CC(C)(NC(=O)c1nc(N)n[nH]1)C(C)(C)C(=O)O. The number of rotatable bonds is 4. The van der Waals surface area contributed by atoms with Gasteiger partial charge in [-0.15, -0.1) is 5.10 Å². The summed E-state index contributed by atoms with van der Waals surface area (Å²) in [4.78, 5) is 26.7. The fourth-order valence-electron chi connectivity index (χ4n) is 1.14. The van der Waals surface area contributed by atoms with Gasteiger partial charge in [0.2, 0.25) is 11.8 Å². The van der Waals surface area contributed by atoms with Gasteiger partial charge in [-0.3, -0.25) is 14.7 Å². The Hall–Kier alpha value is -2.12. The van der Waals surface area contributed by atoms with E-state index in [0.717, 1.165) is 0 Å². The molecule has 1 amide bonds. The second kappa shape index (κ2) is 4.28. The van der Waals surface area contributed by atoms with Crippen molar-refractivity contribution in [1.29, 1.82) is 0 Å². The summed E-state index contributed by atoms with van der Waals surface area (Å²) in [6.45, 7) is 6.31. The summed E-state index contributed by atoms with van der Waals surface area (Å²) in [5.74, 6) is -1.67. The first-order valence-electron chi connectivity index (χ1n) is 5.31. The maximum absolute atomic E-state index is 11.8. The Morgan fingerprint density at radius 2 is 1.89 bits per heavy atom. The lowest BCUT2D eigenvalue weighted by Crippen LogP contribution is -2.57. The Kier molecular flexibility index (Phi) is 3.32. The molecule has 5 N–H and O–H groups in total.